The van der Waals surface area contributed by atoms with Crippen LogP contribution >= 0.6 is 0 Å². The molecule has 0 amide bonds. The van der Waals surface area contributed by atoms with Gasteiger partial charge in [0.05, 0.1) is 17.1 Å². The van der Waals surface area contributed by atoms with E-state index >= 15 is 0 Å². The van der Waals surface area contributed by atoms with Crippen molar-refractivity contribution in [2.24, 2.45) is 0 Å². The maximum absolute atomic E-state index is 9.52. The van der Waals surface area contributed by atoms with Gasteiger partial charge in [-0.3, -0.25) is 9.88 Å². The van der Waals surface area contributed by atoms with Crippen LogP contribution in [0.3, 0.4) is 0 Å². The molecule has 2 aromatic carbocycles. The zero-order valence-electron chi connectivity index (χ0n) is 19.6. The molecule has 34 heavy (non-hydrogen) atoms. The molecule has 2 saturated heterocycles. The summed E-state index contributed by atoms with van der Waals surface area (Å²) in [4.78, 5) is 12.0. The van der Waals surface area contributed by atoms with Gasteiger partial charge in [0.2, 0.25) is 0 Å². The van der Waals surface area contributed by atoms with E-state index in [1.54, 1.807) is 6.20 Å². The number of fused-ring (bicyclic) bond motifs is 3. The average Bonchev–Trinajstić information content (AvgIpc) is 3.08. The van der Waals surface area contributed by atoms with Gasteiger partial charge in [-0.2, -0.15) is 5.26 Å². The molecule has 0 unspecified atom stereocenters. The topological polar surface area (TPSA) is 67.7 Å². The van der Waals surface area contributed by atoms with Crippen LogP contribution in [0.4, 0.5) is 11.4 Å². The standard InChI is InChI=1S/C27H30N6O/c1-19-15-32(25-7-5-20(14-28)27-24(25)3-2-8-30-27)17-23-18-34-26-13-22(31-11-9-29-10-12-31)6-4-21(26)16-33(19)23/h2-8,13,19,23,29H,9-12,15-18H2,1H3/t19-,23-/m1/s1. The van der Waals surface area contributed by atoms with Gasteiger partial charge in [0.1, 0.15) is 18.4 Å². The first-order chi connectivity index (χ1) is 16.7. The smallest absolute Gasteiger partial charge is 0.125 e. The highest BCUT2D eigenvalue weighted by atomic mass is 16.5. The van der Waals surface area contributed by atoms with E-state index in [2.05, 4.69) is 68.3 Å². The van der Waals surface area contributed by atoms with Gasteiger partial charge in [0.15, 0.2) is 0 Å². The number of pyridine rings is 1. The molecule has 7 heteroatoms. The van der Waals surface area contributed by atoms with Gasteiger partial charge in [-0.05, 0) is 37.3 Å². The molecule has 4 heterocycles. The molecule has 7 nitrogen and oxygen atoms in total. The van der Waals surface area contributed by atoms with Crippen molar-refractivity contribution in [2.45, 2.75) is 25.6 Å². The summed E-state index contributed by atoms with van der Waals surface area (Å²) in [5.74, 6) is 1.03. The zero-order valence-corrected chi connectivity index (χ0v) is 19.6. The third-order valence-electron chi connectivity index (χ3n) is 7.48. The number of rotatable bonds is 2. The summed E-state index contributed by atoms with van der Waals surface area (Å²) < 4.78 is 6.44. The van der Waals surface area contributed by atoms with Gasteiger partial charge in [-0.1, -0.05) is 6.07 Å². The molecule has 3 aliphatic rings. The largest absolute Gasteiger partial charge is 0.491 e. The molecule has 0 saturated carbocycles. The summed E-state index contributed by atoms with van der Waals surface area (Å²) in [6.45, 7) is 9.84. The predicted octanol–water partition coefficient (Wildman–Crippen LogP) is 2.99. The minimum absolute atomic E-state index is 0.293. The zero-order chi connectivity index (χ0) is 23.1. The Morgan fingerprint density at radius 1 is 1.09 bits per heavy atom. The van der Waals surface area contributed by atoms with Crippen LogP contribution in [0.2, 0.25) is 0 Å². The van der Waals surface area contributed by atoms with Gasteiger partial charge < -0.3 is 19.9 Å². The van der Waals surface area contributed by atoms with Crippen molar-refractivity contribution in [3.63, 3.8) is 0 Å². The van der Waals surface area contributed by atoms with Crippen LogP contribution < -0.4 is 19.9 Å². The number of nitriles is 1. The molecule has 3 aromatic rings. The van der Waals surface area contributed by atoms with Crippen molar-refractivity contribution in [2.75, 3.05) is 55.7 Å². The third kappa shape index (κ3) is 3.73. The maximum atomic E-state index is 9.52. The lowest BCUT2D eigenvalue weighted by atomic mass is 10.0. The number of benzene rings is 2. The Bertz CT molecular complexity index is 1250. The SMILES string of the molecule is C[C@@H]1CN(c2ccc(C#N)c3ncccc23)C[C@@H]2COc3cc(N4CCNCC4)ccc3CN21. The van der Waals surface area contributed by atoms with Crippen LogP contribution in [-0.4, -0.2) is 67.8 Å². The third-order valence-corrected chi connectivity index (χ3v) is 7.48. The number of nitrogens with zero attached hydrogens (tertiary/aromatic N) is 5. The van der Waals surface area contributed by atoms with E-state index in [9.17, 15) is 5.26 Å². The van der Waals surface area contributed by atoms with E-state index in [1.165, 1.54) is 11.3 Å². The van der Waals surface area contributed by atoms with Gasteiger partial charge in [-0.15, -0.1) is 0 Å². The highest BCUT2D eigenvalue weighted by molar-refractivity contribution is 5.95. The van der Waals surface area contributed by atoms with Crippen molar-refractivity contribution in [3.05, 3.63) is 59.8 Å². The van der Waals surface area contributed by atoms with Crippen molar-refractivity contribution in [1.82, 2.24) is 15.2 Å². The summed E-state index contributed by atoms with van der Waals surface area (Å²) in [5, 5.41) is 14.0. The summed E-state index contributed by atoms with van der Waals surface area (Å²) in [5.41, 5.74) is 5.08. The molecule has 0 radical (unpaired) electrons. The second kappa shape index (κ2) is 8.79. The van der Waals surface area contributed by atoms with E-state index in [0.29, 0.717) is 24.3 Å². The Morgan fingerprint density at radius 2 is 1.97 bits per heavy atom. The molecule has 0 bridgehead atoms. The second-order valence-electron chi connectivity index (χ2n) is 9.56. The van der Waals surface area contributed by atoms with E-state index in [1.807, 2.05) is 12.1 Å². The van der Waals surface area contributed by atoms with Crippen LogP contribution in [0.1, 0.15) is 18.1 Å². The monoisotopic (exact) mass is 454 g/mol. The Balaban J connectivity index is 1.26. The molecule has 1 aromatic heterocycles. The summed E-state index contributed by atoms with van der Waals surface area (Å²) in [6, 6.07) is 17.7. The molecule has 3 aliphatic heterocycles. The highest BCUT2D eigenvalue weighted by Gasteiger charge is 2.35. The van der Waals surface area contributed by atoms with Crippen molar-refractivity contribution < 1.29 is 4.74 Å². The number of nitrogens with one attached hydrogen (secondary N) is 1. The van der Waals surface area contributed by atoms with Gasteiger partial charge in [0, 0.05) is 86.4 Å². The quantitative estimate of drug-likeness (QED) is 0.639. The van der Waals surface area contributed by atoms with Gasteiger partial charge in [0.25, 0.3) is 0 Å². The highest BCUT2D eigenvalue weighted by Crippen LogP contribution is 2.35. The second-order valence-corrected chi connectivity index (χ2v) is 9.56. The minimum atomic E-state index is 0.293. The molecule has 0 spiro atoms. The Kier molecular flexibility index (Phi) is 5.48. The van der Waals surface area contributed by atoms with Crippen LogP contribution in [0.5, 0.6) is 5.75 Å². The Labute approximate surface area is 200 Å². The number of hydrogen-bond donors (Lipinski definition) is 1. The number of anilines is 2. The van der Waals surface area contributed by atoms with Gasteiger partial charge in [-0.25, -0.2) is 0 Å². The molecule has 174 valence electrons. The summed E-state index contributed by atoms with van der Waals surface area (Å²) >= 11 is 0. The summed E-state index contributed by atoms with van der Waals surface area (Å²) in [6.07, 6.45) is 1.76. The Morgan fingerprint density at radius 3 is 2.82 bits per heavy atom. The van der Waals surface area contributed by atoms with Crippen LogP contribution in [-0.2, 0) is 6.54 Å². The van der Waals surface area contributed by atoms with E-state index in [0.717, 1.165) is 68.2 Å². The molecule has 2 atom stereocenters. The lowest BCUT2D eigenvalue weighted by Gasteiger charge is -2.45. The van der Waals surface area contributed by atoms with Crippen molar-refractivity contribution in [1.29, 1.82) is 5.26 Å². The normalized spacial score (nSPS) is 22.9. The van der Waals surface area contributed by atoms with Gasteiger partial charge >= 0.3 is 0 Å². The molecule has 0 aliphatic carbocycles. The number of piperazine rings is 2. The van der Waals surface area contributed by atoms with Crippen LogP contribution in [0, 0.1) is 11.3 Å². The fourth-order valence-electron chi connectivity index (χ4n) is 5.68. The maximum Gasteiger partial charge on any atom is 0.125 e. The molecular formula is C27H30N6O. The predicted molar refractivity (Wildman–Crippen MR) is 134 cm³/mol. The molecule has 6 rings (SSSR count). The number of ether oxygens (including phenoxy) is 1. The lowest BCUT2D eigenvalue weighted by molar-refractivity contribution is 0.0892. The first kappa shape index (κ1) is 21.2. The van der Waals surface area contributed by atoms with Crippen LogP contribution in [0.15, 0.2) is 48.7 Å². The molecule has 2 fully saturated rings. The first-order valence-electron chi connectivity index (χ1n) is 12.2. The van der Waals surface area contributed by atoms with E-state index in [4.69, 9.17) is 4.74 Å². The van der Waals surface area contributed by atoms with E-state index in [-0.39, 0.29) is 0 Å². The number of hydrogen-bond acceptors (Lipinski definition) is 7. The van der Waals surface area contributed by atoms with E-state index < -0.39 is 0 Å². The Hall–Kier alpha value is -3.34. The van der Waals surface area contributed by atoms with Crippen LogP contribution in [0.25, 0.3) is 10.9 Å². The summed E-state index contributed by atoms with van der Waals surface area (Å²) in [7, 11) is 0. The lowest BCUT2D eigenvalue weighted by Crippen LogP contribution is -2.58. The average molecular weight is 455 g/mol. The fourth-order valence-corrected chi connectivity index (χ4v) is 5.68. The van der Waals surface area contributed by atoms with Crippen molar-refractivity contribution >= 4 is 22.3 Å². The number of aromatic nitrogens is 1. The van der Waals surface area contributed by atoms with Crippen molar-refractivity contribution in [3.8, 4) is 11.8 Å². The molecular weight excluding hydrogens is 424 g/mol. The first-order valence-corrected chi connectivity index (χ1v) is 12.2. The fraction of sp³-hybridized carbons (Fsp3) is 0.407. The minimum Gasteiger partial charge on any atom is -0.491 e. The molecule has 1 N–H and O–H groups in total.